The van der Waals surface area contributed by atoms with E-state index < -0.39 is 0 Å². The van der Waals surface area contributed by atoms with Crippen LogP contribution in [-0.2, 0) is 14.9 Å². The molecule has 6 heteroatoms. The minimum Gasteiger partial charge on any atom is -0.469 e. The Labute approximate surface area is 155 Å². The Kier molecular flexibility index (Phi) is 7.00. The van der Waals surface area contributed by atoms with E-state index in [4.69, 9.17) is 9.73 Å². The maximum Gasteiger partial charge on any atom is 0.308 e. The maximum absolute atomic E-state index is 13.5. The Morgan fingerprint density at radius 3 is 2.65 bits per heavy atom. The number of nitrogens with zero attached hydrogens (tertiary/aromatic N) is 2. The monoisotopic (exact) mass is 363 g/mol. The molecule has 1 heterocycles. The highest BCUT2D eigenvalue weighted by Crippen LogP contribution is 2.25. The number of halogens is 1. The van der Waals surface area contributed by atoms with Crippen LogP contribution in [0.3, 0.4) is 0 Å². The van der Waals surface area contributed by atoms with Crippen molar-refractivity contribution in [2.45, 2.75) is 39.0 Å². The van der Waals surface area contributed by atoms with Crippen LogP contribution in [0.2, 0.25) is 0 Å². The lowest BCUT2D eigenvalue weighted by Gasteiger charge is -2.34. The molecule has 1 N–H and O–H groups in total. The molecule has 0 amide bonds. The summed E-state index contributed by atoms with van der Waals surface area (Å²) < 4.78 is 18.4. The predicted octanol–water partition coefficient (Wildman–Crippen LogP) is 2.95. The molecule has 5 nitrogen and oxygen atoms in total. The summed E-state index contributed by atoms with van der Waals surface area (Å²) in [5, 5.41) is 3.33. The third-order valence-corrected chi connectivity index (χ3v) is 4.89. The molecule has 0 bridgehead atoms. The summed E-state index contributed by atoms with van der Waals surface area (Å²) in [4.78, 5) is 18.7. The Morgan fingerprint density at radius 1 is 1.38 bits per heavy atom. The van der Waals surface area contributed by atoms with Crippen molar-refractivity contribution < 1.29 is 13.9 Å². The number of hydrogen-bond acceptors (Lipinski definition) is 3. The van der Waals surface area contributed by atoms with Crippen LogP contribution in [-0.4, -0.2) is 50.1 Å². The number of carbonyl (C=O) groups excluding carboxylic acids is 1. The van der Waals surface area contributed by atoms with Crippen LogP contribution >= 0.6 is 0 Å². The van der Waals surface area contributed by atoms with Crippen molar-refractivity contribution in [1.82, 2.24) is 10.2 Å². The van der Waals surface area contributed by atoms with Crippen LogP contribution in [0.15, 0.2) is 29.3 Å². The highest BCUT2D eigenvalue weighted by molar-refractivity contribution is 5.80. The van der Waals surface area contributed by atoms with Crippen molar-refractivity contribution in [3.05, 3.63) is 35.6 Å². The second kappa shape index (κ2) is 9.01. The van der Waals surface area contributed by atoms with Gasteiger partial charge in [-0.1, -0.05) is 26.0 Å². The van der Waals surface area contributed by atoms with Crippen molar-refractivity contribution in [2.75, 3.05) is 33.3 Å². The van der Waals surface area contributed by atoms with Gasteiger partial charge in [0.05, 0.1) is 19.6 Å². The van der Waals surface area contributed by atoms with Gasteiger partial charge < -0.3 is 15.0 Å². The van der Waals surface area contributed by atoms with E-state index in [1.165, 1.54) is 13.2 Å². The fourth-order valence-corrected chi connectivity index (χ4v) is 3.19. The quantitative estimate of drug-likeness (QED) is 0.496. The van der Waals surface area contributed by atoms with E-state index in [0.717, 1.165) is 44.0 Å². The number of nitrogens with one attached hydrogen (secondary N) is 1. The lowest BCUT2D eigenvalue weighted by atomic mass is 9.85. The number of hydrogen-bond donors (Lipinski definition) is 1. The predicted molar refractivity (Wildman–Crippen MR) is 102 cm³/mol. The van der Waals surface area contributed by atoms with Gasteiger partial charge in [0.25, 0.3) is 0 Å². The van der Waals surface area contributed by atoms with Crippen LogP contribution in [0.5, 0.6) is 0 Å². The third kappa shape index (κ3) is 5.19. The fourth-order valence-electron chi connectivity index (χ4n) is 3.19. The summed E-state index contributed by atoms with van der Waals surface area (Å²) in [5.74, 6) is 0.471. The van der Waals surface area contributed by atoms with Crippen molar-refractivity contribution in [3.63, 3.8) is 0 Å². The normalized spacial score (nSPS) is 16.5. The van der Waals surface area contributed by atoms with E-state index in [-0.39, 0.29) is 23.1 Å². The molecule has 144 valence electrons. The van der Waals surface area contributed by atoms with E-state index >= 15 is 0 Å². The number of carbonyl (C=O) groups is 1. The van der Waals surface area contributed by atoms with Crippen molar-refractivity contribution >= 4 is 11.9 Å². The summed E-state index contributed by atoms with van der Waals surface area (Å²) >= 11 is 0. The number of likely N-dealkylation sites (tertiary alicyclic amines) is 1. The van der Waals surface area contributed by atoms with Gasteiger partial charge in [0.15, 0.2) is 5.96 Å². The zero-order valence-electron chi connectivity index (χ0n) is 16.2. The molecule has 0 unspecified atom stereocenters. The van der Waals surface area contributed by atoms with Crippen molar-refractivity contribution in [1.29, 1.82) is 0 Å². The summed E-state index contributed by atoms with van der Waals surface area (Å²) in [7, 11) is 1.44. The highest BCUT2D eigenvalue weighted by Gasteiger charge is 2.28. The summed E-state index contributed by atoms with van der Waals surface area (Å²) in [6.45, 7) is 9.04. The zero-order valence-corrected chi connectivity index (χ0v) is 16.2. The lowest BCUT2D eigenvalue weighted by molar-refractivity contribution is -0.146. The van der Waals surface area contributed by atoms with Gasteiger partial charge in [0.2, 0.25) is 0 Å². The number of piperidine rings is 1. The van der Waals surface area contributed by atoms with Crippen LogP contribution < -0.4 is 5.32 Å². The van der Waals surface area contributed by atoms with Gasteiger partial charge >= 0.3 is 5.97 Å². The fraction of sp³-hybridized carbons (Fsp3) is 0.600. The smallest absolute Gasteiger partial charge is 0.308 e. The number of guanidine groups is 1. The summed E-state index contributed by atoms with van der Waals surface area (Å²) in [6, 6.07) is 6.70. The molecule has 0 aliphatic carbocycles. The minimum atomic E-state index is -0.271. The topological polar surface area (TPSA) is 53.9 Å². The van der Waals surface area contributed by atoms with Gasteiger partial charge in [0.1, 0.15) is 5.82 Å². The molecule has 0 atom stereocenters. The molecular weight excluding hydrogens is 333 g/mol. The molecule has 0 saturated carbocycles. The first-order valence-electron chi connectivity index (χ1n) is 9.24. The molecule has 1 aliphatic heterocycles. The molecule has 0 radical (unpaired) electrons. The van der Waals surface area contributed by atoms with Gasteiger partial charge in [-0.25, -0.2) is 4.39 Å². The summed E-state index contributed by atoms with van der Waals surface area (Å²) in [5.41, 5.74) is 0.661. The van der Waals surface area contributed by atoms with Gasteiger partial charge in [-0.15, -0.1) is 0 Å². The Bertz CT molecular complexity index is 638. The zero-order chi connectivity index (χ0) is 19.2. The van der Waals surface area contributed by atoms with Crippen LogP contribution in [0.1, 0.15) is 39.2 Å². The molecule has 2 rings (SSSR count). The minimum absolute atomic E-state index is 0.0251. The van der Waals surface area contributed by atoms with E-state index in [0.29, 0.717) is 6.54 Å². The number of methoxy groups -OCH3 is 1. The van der Waals surface area contributed by atoms with Crippen molar-refractivity contribution in [3.8, 4) is 0 Å². The largest absolute Gasteiger partial charge is 0.469 e. The molecule has 1 fully saturated rings. The van der Waals surface area contributed by atoms with Gasteiger partial charge in [-0.2, -0.15) is 0 Å². The number of rotatable bonds is 5. The van der Waals surface area contributed by atoms with Gasteiger partial charge in [0, 0.05) is 25.0 Å². The maximum atomic E-state index is 13.5. The first-order valence-corrected chi connectivity index (χ1v) is 9.24. The average Bonchev–Trinajstić information content (AvgIpc) is 2.64. The standard InChI is InChI=1S/C20H30FN3O2/c1-5-22-19(24-11-9-15(10-12-24)18(25)26-4)23-14-20(2,3)16-7-6-8-17(21)13-16/h6-8,13,15H,5,9-12,14H2,1-4H3,(H,22,23). The molecule has 1 aromatic rings. The SMILES string of the molecule is CCNC(=NCC(C)(C)c1cccc(F)c1)N1CCC(C(=O)OC)CC1. The van der Waals surface area contributed by atoms with Crippen molar-refractivity contribution in [2.24, 2.45) is 10.9 Å². The molecule has 0 spiro atoms. The van der Waals surface area contributed by atoms with Gasteiger partial charge in [-0.3, -0.25) is 9.79 Å². The van der Waals surface area contributed by atoms with Crippen LogP contribution in [0.4, 0.5) is 4.39 Å². The molecule has 1 aromatic carbocycles. The molecule has 1 aliphatic rings. The van der Waals surface area contributed by atoms with E-state index in [2.05, 4.69) is 24.1 Å². The molecule has 1 saturated heterocycles. The second-order valence-electron chi connectivity index (χ2n) is 7.35. The number of esters is 1. The van der Waals surface area contributed by atoms with Gasteiger partial charge in [-0.05, 0) is 37.5 Å². The lowest BCUT2D eigenvalue weighted by Crippen LogP contribution is -2.47. The second-order valence-corrected chi connectivity index (χ2v) is 7.35. The Morgan fingerprint density at radius 2 is 2.08 bits per heavy atom. The van der Waals surface area contributed by atoms with E-state index in [1.807, 2.05) is 13.0 Å². The highest BCUT2D eigenvalue weighted by atomic mass is 19.1. The van der Waals surface area contributed by atoms with Crippen LogP contribution in [0, 0.1) is 11.7 Å². The molecule has 26 heavy (non-hydrogen) atoms. The molecular formula is C20H30FN3O2. The number of ether oxygens (including phenoxy) is 1. The Hall–Kier alpha value is -2.11. The Balaban J connectivity index is 2.06. The first-order chi connectivity index (χ1) is 12.4. The number of aliphatic imine (C=N–C) groups is 1. The molecule has 0 aromatic heterocycles. The van der Waals surface area contributed by atoms with Crippen LogP contribution in [0.25, 0.3) is 0 Å². The van der Waals surface area contributed by atoms with E-state index in [9.17, 15) is 9.18 Å². The third-order valence-electron chi connectivity index (χ3n) is 4.89. The first kappa shape index (κ1) is 20.2. The average molecular weight is 363 g/mol. The summed E-state index contributed by atoms with van der Waals surface area (Å²) in [6.07, 6.45) is 1.54. The number of benzene rings is 1. The van der Waals surface area contributed by atoms with E-state index in [1.54, 1.807) is 12.1 Å².